The molecule has 0 unspecified atom stereocenters. The number of rotatable bonds is 7. The number of benzene rings is 3. The average Bonchev–Trinajstić information content (AvgIpc) is 3.26. The summed E-state index contributed by atoms with van der Waals surface area (Å²) in [6, 6.07) is 14.8. The van der Waals surface area contributed by atoms with E-state index in [4.69, 9.17) is 0 Å². The lowest BCUT2D eigenvalue weighted by Gasteiger charge is -2.36. The number of piperazine rings is 1. The molecule has 1 saturated carbocycles. The first-order valence-corrected chi connectivity index (χ1v) is 16.0. The molecule has 1 heterocycles. The highest BCUT2D eigenvalue weighted by Gasteiger charge is 2.25. The number of hydrogen-bond acceptors (Lipinski definition) is 5. The van der Waals surface area contributed by atoms with E-state index in [0.717, 1.165) is 36.6 Å². The fraction of sp³-hybridized carbons (Fsp3) is 0.375. The van der Waals surface area contributed by atoms with Gasteiger partial charge in [-0.25, -0.2) is 17.2 Å². The third-order valence-corrected chi connectivity index (χ3v) is 9.42. The van der Waals surface area contributed by atoms with Gasteiger partial charge in [-0.15, -0.1) is 0 Å². The van der Waals surface area contributed by atoms with Crippen LogP contribution in [0.2, 0.25) is 0 Å². The van der Waals surface area contributed by atoms with Crippen LogP contribution in [0.15, 0.2) is 70.6 Å². The van der Waals surface area contributed by atoms with Crippen molar-refractivity contribution in [2.75, 3.05) is 35.8 Å². The van der Waals surface area contributed by atoms with Crippen molar-refractivity contribution < 1.29 is 22.0 Å². The molecule has 2 aliphatic rings. The van der Waals surface area contributed by atoms with E-state index in [-0.39, 0.29) is 16.5 Å². The van der Waals surface area contributed by atoms with Gasteiger partial charge in [-0.2, -0.15) is 0 Å². The Morgan fingerprint density at radius 1 is 0.929 bits per heavy atom. The zero-order valence-electron chi connectivity index (χ0n) is 23.7. The Hall–Kier alpha value is -3.79. The van der Waals surface area contributed by atoms with E-state index >= 15 is 0 Å². The highest BCUT2D eigenvalue weighted by Crippen LogP contribution is 2.31. The number of carbonyl (C=O) groups is 1. The number of carbonyl (C=O) groups excluding carboxylic acids is 1. The standard InChI is InChI=1S/C32H36F2N4O3S/c1-23-7-6-10-30(31(23)35-22-24-8-4-2-3-5-9-24)42(40,41)36-27-14-11-25(12-15-27)32(39)38-19-17-37(18-20-38)29-21-26(33)13-16-28(29)34/h6-7,10-16,21-22,24,36H,2-5,8-9,17-20H2,1H3/b35-22-. The van der Waals surface area contributed by atoms with Crippen LogP contribution in [0.3, 0.4) is 0 Å². The topological polar surface area (TPSA) is 82.1 Å². The number of para-hydroxylation sites is 1. The molecule has 0 aromatic heterocycles. The van der Waals surface area contributed by atoms with Crippen molar-refractivity contribution in [2.24, 2.45) is 10.9 Å². The van der Waals surface area contributed by atoms with Gasteiger partial charge in [0, 0.05) is 49.7 Å². The summed E-state index contributed by atoms with van der Waals surface area (Å²) in [6.45, 7) is 3.28. The van der Waals surface area contributed by atoms with Crippen LogP contribution in [-0.4, -0.2) is 51.6 Å². The first-order chi connectivity index (χ1) is 20.2. The first kappa shape index (κ1) is 29.7. The molecule has 0 atom stereocenters. The Kier molecular flexibility index (Phi) is 9.21. The Bertz CT molecular complexity index is 1540. The van der Waals surface area contributed by atoms with Crippen LogP contribution >= 0.6 is 0 Å². The molecule has 2 fully saturated rings. The maximum Gasteiger partial charge on any atom is 0.264 e. The number of aryl methyl sites for hydroxylation is 1. The van der Waals surface area contributed by atoms with Crippen molar-refractivity contribution in [1.82, 2.24) is 4.90 Å². The summed E-state index contributed by atoms with van der Waals surface area (Å²) in [4.78, 5) is 21.3. The van der Waals surface area contributed by atoms with E-state index in [9.17, 15) is 22.0 Å². The van der Waals surface area contributed by atoms with Crippen LogP contribution in [0.25, 0.3) is 0 Å². The molecule has 1 amide bonds. The monoisotopic (exact) mass is 594 g/mol. The van der Waals surface area contributed by atoms with Gasteiger partial charge in [0.1, 0.15) is 16.5 Å². The van der Waals surface area contributed by atoms with E-state index in [1.165, 1.54) is 25.7 Å². The summed E-state index contributed by atoms with van der Waals surface area (Å²) >= 11 is 0. The molecule has 7 nitrogen and oxygen atoms in total. The Balaban J connectivity index is 1.24. The van der Waals surface area contributed by atoms with Gasteiger partial charge in [-0.3, -0.25) is 14.5 Å². The minimum Gasteiger partial charge on any atom is -0.366 e. The maximum absolute atomic E-state index is 14.2. The molecule has 10 heteroatoms. The van der Waals surface area contributed by atoms with Crippen LogP contribution < -0.4 is 9.62 Å². The molecule has 0 radical (unpaired) electrons. The second-order valence-corrected chi connectivity index (χ2v) is 12.7. The molecular formula is C32H36F2N4O3S. The van der Waals surface area contributed by atoms with E-state index in [2.05, 4.69) is 9.71 Å². The average molecular weight is 595 g/mol. The van der Waals surface area contributed by atoms with Gasteiger partial charge in [-0.05, 0) is 73.7 Å². The van der Waals surface area contributed by atoms with Gasteiger partial charge < -0.3 is 9.80 Å². The lowest BCUT2D eigenvalue weighted by atomic mass is 10.0. The zero-order valence-corrected chi connectivity index (χ0v) is 24.5. The molecule has 5 rings (SSSR count). The number of halogens is 2. The lowest BCUT2D eigenvalue weighted by molar-refractivity contribution is 0.0746. The van der Waals surface area contributed by atoms with Crippen LogP contribution in [0.4, 0.5) is 25.8 Å². The molecule has 42 heavy (non-hydrogen) atoms. The number of hydrogen-bond donors (Lipinski definition) is 1. The van der Waals surface area contributed by atoms with Crippen molar-refractivity contribution in [3.05, 3.63) is 83.4 Å². The summed E-state index contributed by atoms with van der Waals surface area (Å²) in [5.41, 5.74) is 2.15. The first-order valence-electron chi connectivity index (χ1n) is 14.5. The Morgan fingerprint density at radius 2 is 1.62 bits per heavy atom. The summed E-state index contributed by atoms with van der Waals surface area (Å²) in [7, 11) is -3.94. The quantitative estimate of drug-likeness (QED) is 0.244. The summed E-state index contributed by atoms with van der Waals surface area (Å²) in [6.07, 6.45) is 8.86. The van der Waals surface area contributed by atoms with Gasteiger partial charge >= 0.3 is 0 Å². The smallest absolute Gasteiger partial charge is 0.264 e. The van der Waals surface area contributed by atoms with Gasteiger partial charge in [0.25, 0.3) is 15.9 Å². The molecular weight excluding hydrogens is 558 g/mol. The van der Waals surface area contributed by atoms with Gasteiger partial charge in [0.2, 0.25) is 0 Å². The lowest BCUT2D eigenvalue weighted by Crippen LogP contribution is -2.49. The SMILES string of the molecule is Cc1cccc(S(=O)(=O)Nc2ccc(C(=O)N3CCN(c4cc(F)ccc4F)CC3)cc2)c1/N=C\C1CCCCCC1. The zero-order chi connectivity index (χ0) is 29.7. The molecule has 1 aliphatic heterocycles. The van der Waals surface area contributed by atoms with Gasteiger partial charge in [0.15, 0.2) is 0 Å². The highest BCUT2D eigenvalue weighted by atomic mass is 32.2. The number of amides is 1. The minimum absolute atomic E-state index is 0.111. The number of nitrogens with one attached hydrogen (secondary N) is 1. The molecule has 1 saturated heterocycles. The largest absolute Gasteiger partial charge is 0.366 e. The van der Waals surface area contributed by atoms with Crippen molar-refractivity contribution in [1.29, 1.82) is 0 Å². The van der Waals surface area contributed by atoms with Crippen LogP contribution in [0.1, 0.15) is 54.4 Å². The fourth-order valence-electron chi connectivity index (χ4n) is 5.61. The normalized spacial score (nSPS) is 16.9. The predicted molar refractivity (Wildman–Crippen MR) is 162 cm³/mol. The fourth-order valence-corrected chi connectivity index (χ4v) is 6.89. The van der Waals surface area contributed by atoms with Crippen molar-refractivity contribution in [3.63, 3.8) is 0 Å². The number of anilines is 2. The second kappa shape index (κ2) is 13.0. The van der Waals surface area contributed by atoms with Crippen molar-refractivity contribution in [2.45, 2.75) is 50.3 Å². The second-order valence-electron chi connectivity index (χ2n) is 11.0. The van der Waals surface area contributed by atoms with E-state index in [0.29, 0.717) is 49.0 Å². The van der Waals surface area contributed by atoms with E-state index in [1.54, 1.807) is 46.2 Å². The van der Waals surface area contributed by atoms with Crippen LogP contribution in [-0.2, 0) is 10.0 Å². The molecule has 0 spiro atoms. The maximum atomic E-state index is 14.2. The molecule has 3 aromatic rings. The number of sulfonamides is 1. The molecule has 1 aliphatic carbocycles. The Labute approximate surface area is 246 Å². The van der Waals surface area contributed by atoms with E-state index < -0.39 is 21.7 Å². The van der Waals surface area contributed by atoms with Crippen LogP contribution in [0.5, 0.6) is 0 Å². The number of nitrogens with zero attached hydrogens (tertiary/aromatic N) is 3. The van der Waals surface area contributed by atoms with E-state index in [1.807, 2.05) is 19.2 Å². The van der Waals surface area contributed by atoms with Gasteiger partial charge in [-0.1, -0.05) is 37.8 Å². The number of aliphatic imine (C=N–C) groups is 1. The predicted octanol–water partition coefficient (Wildman–Crippen LogP) is 6.71. The molecule has 0 bridgehead atoms. The minimum atomic E-state index is -3.94. The van der Waals surface area contributed by atoms with Crippen LogP contribution in [0, 0.1) is 24.5 Å². The van der Waals surface area contributed by atoms with Crippen molar-refractivity contribution in [3.8, 4) is 0 Å². The third kappa shape index (κ3) is 6.98. The molecule has 3 aromatic carbocycles. The summed E-state index contributed by atoms with van der Waals surface area (Å²) in [5, 5.41) is 0. The molecule has 1 N–H and O–H groups in total. The Morgan fingerprint density at radius 3 is 2.31 bits per heavy atom. The third-order valence-electron chi connectivity index (χ3n) is 8.00. The summed E-state index contributed by atoms with van der Waals surface area (Å²) < 4.78 is 57.3. The van der Waals surface area contributed by atoms with Gasteiger partial charge in [0.05, 0.1) is 11.4 Å². The highest BCUT2D eigenvalue weighted by molar-refractivity contribution is 7.92. The van der Waals surface area contributed by atoms with Crippen molar-refractivity contribution >= 4 is 39.2 Å². The summed E-state index contributed by atoms with van der Waals surface area (Å²) in [5.74, 6) is -0.871. The molecule has 222 valence electrons.